The van der Waals surface area contributed by atoms with E-state index < -0.39 is 0 Å². The maximum absolute atomic E-state index is 12.3. The lowest BCUT2D eigenvalue weighted by Gasteiger charge is -2.11. The van der Waals surface area contributed by atoms with Crippen LogP contribution < -0.4 is 10.1 Å². The fourth-order valence-corrected chi connectivity index (χ4v) is 3.03. The minimum absolute atomic E-state index is 0.152. The monoisotopic (exact) mass is 370 g/mol. The summed E-state index contributed by atoms with van der Waals surface area (Å²) in [6, 6.07) is 11.0. The maximum atomic E-state index is 12.3. The molecule has 0 fully saturated rings. The van der Waals surface area contributed by atoms with Gasteiger partial charge >= 0.3 is 0 Å². The Kier molecular flexibility index (Phi) is 5.85. The van der Waals surface area contributed by atoms with E-state index in [9.17, 15) is 4.79 Å². The summed E-state index contributed by atoms with van der Waals surface area (Å²) in [5.41, 5.74) is 1.36. The van der Waals surface area contributed by atoms with Gasteiger partial charge in [0.1, 0.15) is 10.8 Å². The van der Waals surface area contributed by atoms with E-state index in [1.807, 2.05) is 31.2 Å². The van der Waals surface area contributed by atoms with Crippen molar-refractivity contribution in [2.75, 3.05) is 17.7 Å². The molecule has 1 amide bonds. The molecule has 2 heterocycles. The van der Waals surface area contributed by atoms with Crippen LogP contribution in [0, 0.1) is 6.92 Å². The number of aryl methyl sites for hydroxylation is 1. The zero-order chi connectivity index (χ0) is 18.4. The van der Waals surface area contributed by atoms with Gasteiger partial charge in [0.2, 0.25) is 5.91 Å². The van der Waals surface area contributed by atoms with E-state index in [1.54, 1.807) is 25.3 Å². The third-order valence-electron chi connectivity index (χ3n) is 3.33. The van der Waals surface area contributed by atoms with Crippen molar-refractivity contribution in [1.29, 1.82) is 0 Å². The van der Waals surface area contributed by atoms with E-state index in [-0.39, 0.29) is 11.7 Å². The highest BCUT2D eigenvalue weighted by Gasteiger charge is 2.15. The van der Waals surface area contributed by atoms with E-state index in [0.29, 0.717) is 40.3 Å². The van der Waals surface area contributed by atoms with E-state index in [2.05, 4.69) is 20.4 Å². The number of carbonyl (C=O) groups excluding carboxylic acids is 1. The van der Waals surface area contributed by atoms with Crippen LogP contribution in [-0.4, -0.2) is 33.4 Å². The summed E-state index contributed by atoms with van der Waals surface area (Å²) in [5, 5.41) is 7.32. The molecule has 7 nitrogen and oxygen atoms in total. The molecule has 0 aliphatic heterocycles. The van der Waals surface area contributed by atoms with Gasteiger partial charge < -0.3 is 14.6 Å². The molecule has 0 saturated heterocycles. The van der Waals surface area contributed by atoms with E-state index in [1.165, 1.54) is 11.8 Å². The smallest absolute Gasteiger partial charge is 0.260 e. The summed E-state index contributed by atoms with van der Waals surface area (Å²) in [5.74, 6) is 1.62. The minimum atomic E-state index is -0.152. The van der Waals surface area contributed by atoms with Crippen molar-refractivity contribution < 1.29 is 14.1 Å². The number of hydrogen-bond acceptors (Lipinski definition) is 7. The van der Waals surface area contributed by atoms with Crippen LogP contribution in [0.2, 0.25) is 0 Å². The van der Waals surface area contributed by atoms with Gasteiger partial charge in [-0.15, -0.1) is 0 Å². The second-order valence-electron chi connectivity index (χ2n) is 5.27. The van der Waals surface area contributed by atoms with Gasteiger partial charge in [-0.2, -0.15) is 4.98 Å². The van der Waals surface area contributed by atoms with Crippen molar-refractivity contribution in [2.45, 2.75) is 18.9 Å². The molecule has 0 radical (unpaired) electrons. The van der Waals surface area contributed by atoms with E-state index >= 15 is 0 Å². The Labute approximate surface area is 155 Å². The number of para-hydroxylation sites is 2. The molecule has 0 aliphatic carbocycles. The van der Waals surface area contributed by atoms with Crippen molar-refractivity contribution >= 4 is 23.4 Å². The van der Waals surface area contributed by atoms with Crippen molar-refractivity contribution in [3.63, 3.8) is 0 Å². The highest BCUT2D eigenvalue weighted by Crippen LogP contribution is 2.29. The zero-order valence-corrected chi connectivity index (χ0v) is 15.2. The Bertz CT molecular complexity index is 897. The average Bonchev–Trinajstić information content (AvgIpc) is 3.08. The Morgan fingerprint density at radius 2 is 2.12 bits per heavy atom. The van der Waals surface area contributed by atoms with Gasteiger partial charge in [-0.25, -0.2) is 4.98 Å². The maximum Gasteiger partial charge on any atom is 0.260 e. The summed E-state index contributed by atoms with van der Waals surface area (Å²) in [6.07, 6.45) is 1.66. The zero-order valence-electron chi connectivity index (χ0n) is 14.4. The molecule has 134 valence electrons. The molecule has 26 heavy (non-hydrogen) atoms. The number of nitrogens with zero attached hydrogens (tertiary/aromatic N) is 3. The van der Waals surface area contributed by atoms with Gasteiger partial charge in [0.25, 0.3) is 5.89 Å². The summed E-state index contributed by atoms with van der Waals surface area (Å²) in [4.78, 5) is 20.9. The van der Waals surface area contributed by atoms with Gasteiger partial charge in [0.15, 0.2) is 5.82 Å². The largest absolute Gasteiger partial charge is 0.492 e. The molecule has 0 bridgehead atoms. The number of amides is 1. The number of carbonyl (C=O) groups is 1. The predicted molar refractivity (Wildman–Crippen MR) is 99.2 cm³/mol. The van der Waals surface area contributed by atoms with Crippen LogP contribution in [0.25, 0.3) is 11.5 Å². The first-order chi connectivity index (χ1) is 12.7. The first-order valence-corrected chi connectivity index (χ1v) is 9.06. The number of thioether (sulfide) groups is 1. The molecule has 3 aromatic rings. The molecule has 1 N–H and O–H groups in total. The standard InChI is InChI=1S/C18H18N4O3S/c1-3-24-15-9-5-4-8-14(15)21-16(23)11-26-18-13(7-6-10-19-18)17-20-12(2)22-25-17/h4-10H,3,11H2,1-2H3,(H,21,23). The lowest BCUT2D eigenvalue weighted by Crippen LogP contribution is -2.15. The van der Waals surface area contributed by atoms with Gasteiger partial charge in [-0.05, 0) is 38.1 Å². The lowest BCUT2D eigenvalue weighted by atomic mass is 10.3. The molecule has 2 aromatic heterocycles. The average molecular weight is 370 g/mol. The highest BCUT2D eigenvalue weighted by molar-refractivity contribution is 8.00. The molecule has 0 aliphatic rings. The van der Waals surface area contributed by atoms with Gasteiger partial charge in [0, 0.05) is 6.20 Å². The molecule has 8 heteroatoms. The Balaban J connectivity index is 1.67. The molecular formula is C18H18N4O3S. The van der Waals surface area contributed by atoms with Crippen LogP contribution in [0.5, 0.6) is 5.75 Å². The van der Waals surface area contributed by atoms with Crippen LogP contribution in [0.4, 0.5) is 5.69 Å². The molecule has 0 unspecified atom stereocenters. The Morgan fingerprint density at radius 3 is 2.88 bits per heavy atom. The van der Waals surface area contributed by atoms with E-state index in [0.717, 1.165) is 0 Å². The third kappa shape index (κ3) is 4.40. The van der Waals surface area contributed by atoms with Crippen molar-refractivity contribution in [1.82, 2.24) is 15.1 Å². The number of hydrogen-bond donors (Lipinski definition) is 1. The number of aromatic nitrogens is 3. The second-order valence-corrected chi connectivity index (χ2v) is 6.23. The van der Waals surface area contributed by atoms with Crippen molar-refractivity contribution in [3.05, 3.63) is 48.4 Å². The van der Waals surface area contributed by atoms with Crippen LogP contribution in [0.1, 0.15) is 12.7 Å². The first-order valence-electron chi connectivity index (χ1n) is 8.07. The number of rotatable bonds is 7. The predicted octanol–water partition coefficient (Wildman–Crippen LogP) is 3.57. The molecule has 0 atom stereocenters. The van der Waals surface area contributed by atoms with Crippen LogP contribution in [0.15, 0.2) is 52.1 Å². The summed E-state index contributed by atoms with van der Waals surface area (Å²) in [7, 11) is 0. The fraction of sp³-hybridized carbons (Fsp3) is 0.222. The van der Waals surface area contributed by atoms with E-state index in [4.69, 9.17) is 9.26 Å². The normalized spacial score (nSPS) is 10.5. The van der Waals surface area contributed by atoms with Gasteiger partial charge in [0.05, 0.1) is 23.6 Å². The summed E-state index contributed by atoms with van der Waals surface area (Å²) in [6.45, 7) is 4.18. The molecule has 0 saturated carbocycles. The Hall–Kier alpha value is -2.87. The third-order valence-corrected chi connectivity index (χ3v) is 4.34. The molecule has 3 rings (SSSR count). The van der Waals surface area contributed by atoms with Crippen molar-refractivity contribution in [3.8, 4) is 17.2 Å². The fourth-order valence-electron chi connectivity index (χ4n) is 2.25. The topological polar surface area (TPSA) is 90.1 Å². The quantitative estimate of drug-likeness (QED) is 0.636. The Morgan fingerprint density at radius 1 is 1.27 bits per heavy atom. The SMILES string of the molecule is CCOc1ccccc1NC(=O)CSc1ncccc1-c1nc(C)no1. The molecule has 1 aromatic carbocycles. The van der Waals surface area contributed by atoms with Crippen LogP contribution in [-0.2, 0) is 4.79 Å². The first kappa shape index (κ1) is 17.9. The van der Waals surface area contributed by atoms with Crippen molar-refractivity contribution in [2.24, 2.45) is 0 Å². The second kappa shape index (κ2) is 8.48. The molecular weight excluding hydrogens is 352 g/mol. The number of ether oxygens (including phenoxy) is 1. The van der Waals surface area contributed by atoms with Crippen LogP contribution in [0.3, 0.4) is 0 Å². The summed E-state index contributed by atoms with van der Waals surface area (Å²) >= 11 is 1.31. The van der Waals surface area contributed by atoms with Gasteiger partial charge in [-0.3, -0.25) is 4.79 Å². The molecule has 0 spiro atoms. The number of anilines is 1. The van der Waals surface area contributed by atoms with Crippen LogP contribution >= 0.6 is 11.8 Å². The lowest BCUT2D eigenvalue weighted by molar-refractivity contribution is -0.113. The number of nitrogens with one attached hydrogen (secondary N) is 1. The highest BCUT2D eigenvalue weighted by atomic mass is 32.2. The number of benzene rings is 1. The minimum Gasteiger partial charge on any atom is -0.492 e. The number of pyridine rings is 1. The van der Waals surface area contributed by atoms with Gasteiger partial charge in [-0.1, -0.05) is 29.1 Å². The summed E-state index contributed by atoms with van der Waals surface area (Å²) < 4.78 is 10.7.